The molecule has 2 unspecified atom stereocenters. The van der Waals surface area contributed by atoms with Gasteiger partial charge in [0.2, 0.25) is 5.91 Å². The summed E-state index contributed by atoms with van der Waals surface area (Å²) in [7, 11) is 0. The van der Waals surface area contributed by atoms with Crippen LogP contribution in [0.4, 0.5) is 0 Å². The lowest BCUT2D eigenvalue weighted by molar-refractivity contribution is -0.123. The highest BCUT2D eigenvalue weighted by Gasteiger charge is 2.17. The maximum Gasteiger partial charge on any atom is 0.220 e. The minimum absolute atomic E-state index is 0.0731. The maximum atomic E-state index is 12.4. The molecule has 0 saturated heterocycles. The van der Waals surface area contributed by atoms with Crippen molar-refractivity contribution in [1.29, 1.82) is 0 Å². The average Bonchev–Trinajstić information content (AvgIpc) is 3.23. The third-order valence-electron chi connectivity index (χ3n) is 12.1. The van der Waals surface area contributed by atoms with Crippen LogP contribution in [0.1, 0.15) is 284 Å². The quantitative estimate of drug-likeness (QED) is 0.0423. The number of hydrogen-bond donors (Lipinski definition) is 3. The molecule has 2 atom stereocenters. The smallest absolute Gasteiger partial charge is 0.220 e. The summed E-state index contributed by atoms with van der Waals surface area (Å²) in [5.41, 5.74) is 0. The molecule has 0 aromatic rings. The largest absolute Gasteiger partial charge is 0.394 e. The molecule has 4 heteroatoms. The summed E-state index contributed by atoms with van der Waals surface area (Å²) in [6.07, 6.45) is 67.2. The molecule has 0 spiro atoms. The Morgan fingerprint density at radius 2 is 0.672 bits per heavy atom. The molecule has 0 rings (SSSR count). The van der Waals surface area contributed by atoms with Gasteiger partial charge in [-0.3, -0.25) is 4.79 Å². The molecule has 0 fully saturated rings. The zero-order valence-electron chi connectivity index (χ0n) is 39.3. The van der Waals surface area contributed by atoms with Gasteiger partial charge < -0.3 is 15.5 Å². The first kappa shape index (κ1) is 56.6. The molecule has 342 valence electrons. The van der Waals surface area contributed by atoms with Crippen molar-refractivity contribution in [2.24, 2.45) is 0 Å². The minimum Gasteiger partial charge on any atom is -0.394 e. The number of unbranched alkanes of at least 4 members (excludes halogenated alkanes) is 37. The predicted molar refractivity (Wildman–Crippen MR) is 258 cm³/mol. The molecule has 0 aromatic carbocycles. The molecule has 4 nitrogen and oxygen atoms in total. The molecule has 0 saturated carbocycles. The Labute approximate surface area is 363 Å². The lowest BCUT2D eigenvalue weighted by Gasteiger charge is -2.19. The van der Waals surface area contributed by atoms with E-state index in [0.29, 0.717) is 6.42 Å². The monoisotopic (exact) mass is 814 g/mol. The summed E-state index contributed by atoms with van der Waals surface area (Å²) in [6, 6.07) is -0.640. The summed E-state index contributed by atoms with van der Waals surface area (Å²) in [5.74, 6) is -0.0731. The molecule has 58 heavy (non-hydrogen) atoms. The van der Waals surface area contributed by atoms with Crippen molar-refractivity contribution in [2.45, 2.75) is 296 Å². The average molecular weight is 814 g/mol. The number of aliphatic hydroxyl groups excluding tert-OH is 2. The van der Waals surface area contributed by atoms with E-state index in [1.807, 2.05) is 6.08 Å². The second-order valence-electron chi connectivity index (χ2n) is 17.9. The van der Waals surface area contributed by atoms with Gasteiger partial charge >= 0.3 is 0 Å². The maximum absolute atomic E-state index is 12.4. The van der Waals surface area contributed by atoms with Crippen molar-refractivity contribution >= 4 is 5.91 Å². The molecule has 0 aromatic heterocycles. The van der Waals surface area contributed by atoms with E-state index < -0.39 is 12.1 Å². The molecule has 0 aliphatic carbocycles. The SMILES string of the molecule is CCCCCCCCCC/C=C\CCCCCCCCCCCC(=O)NC(CO)C(O)/C=C/CC/C=C/CCCCCCCCCCCCCCCCCCCCC. The highest BCUT2D eigenvalue weighted by Crippen LogP contribution is 2.16. The van der Waals surface area contributed by atoms with Gasteiger partial charge in [-0.05, 0) is 57.8 Å². The van der Waals surface area contributed by atoms with Crippen LogP contribution in [0.15, 0.2) is 36.5 Å². The number of hydrogen-bond acceptors (Lipinski definition) is 3. The summed E-state index contributed by atoms with van der Waals surface area (Å²) >= 11 is 0. The van der Waals surface area contributed by atoms with Crippen molar-refractivity contribution in [3.63, 3.8) is 0 Å². The third-order valence-corrected chi connectivity index (χ3v) is 12.1. The molecule has 0 aliphatic rings. The molecular formula is C54H103NO3. The van der Waals surface area contributed by atoms with Crippen LogP contribution in [-0.4, -0.2) is 34.9 Å². The fraction of sp³-hybridized carbons (Fsp3) is 0.870. The number of carbonyl (C=O) groups excluding carboxylic acids is 1. The van der Waals surface area contributed by atoms with Gasteiger partial charge in [0, 0.05) is 6.42 Å². The van der Waals surface area contributed by atoms with Gasteiger partial charge in [0.05, 0.1) is 18.8 Å². The molecule has 1 amide bonds. The Hall–Kier alpha value is -1.39. The summed E-state index contributed by atoms with van der Waals surface area (Å²) in [4.78, 5) is 12.4. The number of allylic oxidation sites excluding steroid dienone is 5. The zero-order valence-corrected chi connectivity index (χ0v) is 39.3. The molecule has 0 heterocycles. The predicted octanol–water partition coefficient (Wildman–Crippen LogP) is 16.9. The van der Waals surface area contributed by atoms with Crippen LogP contribution < -0.4 is 5.32 Å². The second-order valence-corrected chi connectivity index (χ2v) is 17.9. The Balaban J connectivity index is 3.54. The summed E-state index contributed by atoms with van der Waals surface area (Å²) in [6.45, 7) is 4.32. The minimum atomic E-state index is -0.863. The Bertz CT molecular complexity index is 882. The second kappa shape index (κ2) is 50.0. The lowest BCUT2D eigenvalue weighted by Crippen LogP contribution is -2.45. The fourth-order valence-corrected chi connectivity index (χ4v) is 8.07. The number of carbonyl (C=O) groups is 1. The molecule has 0 radical (unpaired) electrons. The first-order chi connectivity index (χ1) is 28.7. The van der Waals surface area contributed by atoms with E-state index in [1.54, 1.807) is 6.08 Å². The van der Waals surface area contributed by atoms with Gasteiger partial charge in [0.25, 0.3) is 0 Å². The number of aliphatic hydroxyl groups is 2. The van der Waals surface area contributed by atoms with Crippen molar-refractivity contribution in [2.75, 3.05) is 6.61 Å². The van der Waals surface area contributed by atoms with Gasteiger partial charge in [0.15, 0.2) is 0 Å². The van der Waals surface area contributed by atoms with E-state index in [9.17, 15) is 15.0 Å². The molecule has 0 bridgehead atoms. The van der Waals surface area contributed by atoms with Crippen LogP contribution in [0.25, 0.3) is 0 Å². The molecule has 3 N–H and O–H groups in total. The summed E-state index contributed by atoms with van der Waals surface area (Å²) in [5, 5.41) is 23.1. The van der Waals surface area contributed by atoms with Crippen LogP contribution >= 0.6 is 0 Å². The highest BCUT2D eigenvalue weighted by atomic mass is 16.3. The first-order valence-electron chi connectivity index (χ1n) is 26.2. The first-order valence-corrected chi connectivity index (χ1v) is 26.2. The van der Waals surface area contributed by atoms with Gasteiger partial charge in [-0.15, -0.1) is 0 Å². The number of nitrogens with one attached hydrogen (secondary N) is 1. The van der Waals surface area contributed by atoms with E-state index in [0.717, 1.165) is 32.1 Å². The molecule has 0 aliphatic heterocycles. The highest BCUT2D eigenvalue weighted by molar-refractivity contribution is 5.76. The van der Waals surface area contributed by atoms with E-state index in [2.05, 4.69) is 43.5 Å². The van der Waals surface area contributed by atoms with Crippen molar-refractivity contribution in [3.05, 3.63) is 36.5 Å². The summed E-state index contributed by atoms with van der Waals surface area (Å²) < 4.78 is 0. The third kappa shape index (κ3) is 45.7. The number of amides is 1. The number of rotatable bonds is 48. The van der Waals surface area contributed by atoms with Crippen LogP contribution in [0.2, 0.25) is 0 Å². The van der Waals surface area contributed by atoms with Gasteiger partial charge in [-0.2, -0.15) is 0 Å². The topological polar surface area (TPSA) is 69.6 Å². The van der Waals surface area contributed by atoms with E-state index in [4.69, 9.17) is 0 Å². The van der Waals surface area contributed by atoms with Gasteiger partial charge in [-0.1, -0.05) is 256 Å². The van der Waals surface area contributed by atoms with Crippen LogP contribution in [-0.2, 0) is 4.79 Å². The van der Waals surface area contributed by atoms with E-state index in [1.165, 1.54) is 231 Å². The lowest BCUT2D eigenvalue weighted by atomic mass is 10.0. The van der Waals surface area contributed by atoms with Gasteiger partial charge in [0.1, 0.15) is 0 Å². The van der Waals surface area contributed by atoms with Crippen molar-refractivity contribution in [1.82, 2.24) is 5.32 Å². The van der Waals surface area contributed by atoms with Crippen molar-refractivity contribution < 1.29 is 15.0 Å². The van der Waals surface area contributed by atoms with E-state index in [-0.39, 0.29) is 12.5 Å². The van der Waals surface area contributed by atoms with Crippen molar-refractivity contribution in [3.8, 4) is 0 Å². The van der Waals surface area contributed by atoms with Crippen LogP contribution in [0.5, 0.6) is 0 Å². The van der Waals surface area contributed by atoms with Gasteiger partial charge in [-0.25, -0.2) is 0 Å². The fourth-order valence-electron chi connectivity index (χ4n) is 8.07. The van der Waals surface area contributed by atoms with Crippen LogP contribution in [0, 0.1) is 0 Å². The standard InChI is InChI=1S/C54H103NO3/c1-3-5-7-9-11-13-15-17-19-21-23-25-26-27-28-30-31-33-35-37-39-41-43-45-47-49-53(57)52(51-56)55-54(58)50-48-46-44-42-40-38-36-34-32-29-24-22-20-18-16-14-12-10-8-6-4-2/h22,24,39,41,47,49,52-53,56-57H,3-21,23,25-38,40,42-46,48,50-51H2,1-2H3,(H,55,58)/b24-22-,41-39+,49-47+. The Morgan fingerprint density at radius 1 is 0.397 bits per heavy atom. The van der Waals surface area contributed by atoms with Crippen LogP contribution in [0.3, 0.4) is 0 Å². The Morgan fingerprint density at radius 3 is 1.00 bits per heavy atom. The normalized spacial score (nSPS) is 13.1. The van der Waals surface area contributed by atoms with E-state index >= 15 is 0 Å². The Kier molecular flexibility index (Phi) is 48.8. The molecular weight excluding hydrogens is 711 g/mol. The zero-order chi connectivity index (χ0) is 42.1.